The second kappa shape index (κ2) is 3.32. The molecule has 0 saturated carbocycles. The fourth-order valence-corrected chi connectivity index (χ4v) is 2.45. The SMILES string of the molecule is Cc1cc(O)c2[nH]c3cc(O)cc(O)c3c2c1C. The molecule has 2 aromatic carbocycles. The smallest absolute Gasteiger partial charge is 0.139 e. The first-order valence-electron chi connectivity index (χ1n) is 5.65. The highest BCUT2D eigenvalue weighted by molar-refractivity contribution is 6.14. The van der Waals surface area contributed by atoms with Crippen LogP contribution in [-0.4, -0.2) is 20.3 Å². The van der Waals surface area contributed by atoms with Gasteiger partial charge >= 0.3 is 0 Å². The lowest BCUT2D eigenvalue weighted by Gasteiger charge is -2.05. The number of aromatic hydroxyl groups is 3. The molecule has 3 aromatic rings. The van der Waals surface area contributed by atoms with E-state index in [1.165, 1.54) is 12.1 Å². The standard InChI is InChI=1S/C14H13NO3/c1-6-3-11(18)14-12(7(6)2)13-9(15-14)4-8(16)5-10(13)17/h3-5,15-18H,1-2H3. The largest absolute Gasteiger partial charge is 0.508 e. The van der Waals surface area contributed by atoms with E-state index in [4.69, 9.17) is 0 Å². The Bertz CT molecular complexity index is 787. The maximum atomic E-state index is 9.98. The van der Waals surface area contributed by atoms with Gasteiger partial charge in [-0.1, -0.05) is 0 Å². The normalized spacial score (nSPS) is 11.4. The van der Waals surface area contributed by atoms with Gasteiger partial charge in [0.1, 0.15) is 17.2 Å². The molecule has 0 fully saturated rings. The summed E-state index contributed by atoms with van der Waals surface area (Å²) in [7, 11) is 0. The van der Waals surface area contributed by atoms with Gasteiger partial charge in [0.25, 0.3) is 0 Å². The van der Waals surface area contributed by atoms with Crippen molar-refractivity contribution in [2.24, 2.45) is 0 Å². The summed E-state index contributed by atoms with van der Waals surface area (Å²) in [5.74, 6) is 0.132. The Hall–Kier alpha value is -2.36. The van der Waals surface area contributed by atoms with Crippen molar-refractivity contribution in [3.63, 3.8) is 0 Å². The Morgan fingerprint density at radius 2 is 1.61 bits per heavy atom. The molecule has 0 aliphatic carbocycles. The van der Waals surface area contributed by atoms with Crippen molar-refractivity contribution in [3.8, 4) is 17.2 Å². The Morgan fingerprint density at radius 1 is 0.889 bits per heavy atom. The van der Waals surface area contributed by atoms with Crippen molar-refractivity contribution in [3.05, 3.63) is 29.3 Å². The number of aromatic nitrogens is 1. The van der Waals surface area contributed by atoms with Gasteiger partial charge in [-0.25, -0.2) is 0 Å². The zero-order chi connectivity index (χ0) is 13.0. The predicted octanol–water partition coefficient (Wildman–Crippen LogP) is 3.05. The van der Waals surface area contributed by atoms with E-state index in [1.807, 2.05) is 13.8 Å². The summed E-state index contributed by atoms with van der Waals surface area (Å²) < 4.78 is 0. The number of H-pyrrole nitrogens is 1. The van der Waals surface area contributed by atoms with E-state index >= 15 is 0 Å². The van der Waals surface area contributed by atoms with E-state index in [-0.39, 0.29) is 17.2 Å². The van der Waals surface area contributed by atoms with E-state index in [9.17, 15) is 15.3 Å². The highest BCUT2D eigenvalue weighted by atomic mass is 16.3. The number of phenols is 3. The highest BCUT2D eigenvalue weighted by Gasteiger charge is 2.15. The van der Waals surface area contributed by atoms with E-state index in [0.29, 0.717) is 16.4 Å². The summed E-state index contributed by atoms with van der Waals surface area (Å²) in [4.78, 5) is 3.03. The predicted molar refractivity (Wildman–Crippen MR) is 70.3 cm³/mol. The molecule has 3 rings (SSSR count). The van der Waals surface area contributed by atoms with Gasteiger partial charge in [0.05, 0.1) is 11.0 Å². The summed E-state index contributed by atoms with van der Waals surface area (Å²) in [6.07, 6.45) is 0. The second-order valence-corrected chi connectivity index (χ2v) is 4.60. The molecule has 4 N–H and O–H groups in total. The molecule has 0 spiro atoms. The first kappa shape index (κ1) is 10.8. The first-order chi connectivity index (χ1) is 8.49. The van der Waals surface area contributed by atoms with Crippen LogP contribution in [0.5, 0.6) is 17.2 Å². The number of nitrogens with one attached hydrogen (secondary N) is 1. The summed E-state index contributed by atoms with van der Waals surface area (Å²) in [5.41, 5.74) is 3.13. The maximum Gasteiger partial charge on any atom is 0.139 e. The Kier molecular flexibility index (Phi) is 1.99. The number of hydrogen-bond acceptors (Lipinski definition) is 3. The monoisotopic (exact) mass is 243 g/mol. The molecule has 0 radical (unpaired) electrons. The van der Waals surface area contributed by atoms with E-state index in [0.717, 1.165) is 16.5 Å². The molecule has 0 aliphatic heterocycles. The zero-order valence-corrected chi connectivity index (χ0v) is 10.1. The Balaban J connectivity index is 2.66. The molecule has 18 heavy (non-hydrogen) atoms. The molecule has 0 atom stereocenters. The maximum absolute atomic E-state index is 9.98. The summed E-state index contributed by atoms with van der Waals surface area (Å²) in [5, 5.41) is 30.8. The summed E-state index contributed by atoms with van der Waals surface area (Å²) in [6, 6.07) is 4.52. The van der Waals surface area contributed by atoms with Gasteiger partial charge in [0, 0.05) is 22.9 Å². The molecule has 4 nitrogen and oxygen atoms in total. The molecule has 0 aliphatic rings. The lowest BCUT2D eigenvalue weighted by atomic mass is 10.0. The summed E-state index contributed by atoms with van der Waals surface area (Å²) in [6.45, 7) is 3.85. The highest BCUT2D eigenvalue weighted by Crippen LogP contribution is 2.40. The number of rotatable bonds is 0. The van der Waals surface area contributed by atoms with Gasteiger partial charge < -0.3 is 20.3 Å². The van der Waals surface area contributed by atoms with Crippen LogP contribution < -0.4 is 0 Å². The van der Waals surface area contributed by atoms with Gasteiger partial charge in [-0.3, -0.25) is 0 Å². The topological polar surface area (TPSA) is 76.5 Å². The number of fused-ring (bicyclic) bond motifs is 3. The number of aryl methyl sites for hydroxylation is 2. The molecule has 0 bridgehead atoms. The van der Waals surface area contributed by atoms with Gasteiger partial charge in [-0.05, 0) is 31.0 Å². The second-order valence-electron chi connectivity index (χ2n) is 4.60. The van der Waals surface area contributed by atoms with Crippen LogP contribution in [0.1, 0.15) is 11.1 Å². The minimum Gasteiger partial charge on any atom is -0.508 e. The third-order valence-electron chi connectivity index (χ3n) is 3.44. The van der Waals surface area contributed by atoms with E-state index in [1.54, 1.807) is 6.07 Å². The lowest BCUT2D eigenvalue weighted by molar-refractivity contribution is 0.455. The minimum absolute atomic E-state index is 0.00403. The molecule has 0 saturated heterocycles. The fraction of sp³-hybridized carbons (Fsp3) is 0.143. The van der Waals surface area contributed by atoms with Gasteiger partial charge in [0.15, 0.2) is 0 Å². The molecule has 92 valence electrons. The third kappa shape index (κ3) is 1.26. The lowest BCUT2D eigenvalue weighted by Crippen LogP contribution is -1.83. The van der Waals surface area contributed by atoms with E-state index in [2.05, 4.69) is 4.98 Å². The Morgan fingerprint density at radius 3 is 2.33 bits per heavy atom. The summed E-state index contributed by atoms with van der Waals surface area (Å²) >= 11 is 0. The van der Waals surface area contributed by atoms with Crippen LogP contribution >= 0.6 is 0 Å². The van der Waals surface area contributed by atoms with Gasteiger partial charge in [-0.2, -0.15) is 0 Å². The Labute approximate surface area is 103 Å². The number of phenolic OH excluding ortho intramolecular Hbond substituents is 3. The van der Waals surface area contributed by atoms with Crippen LogP contribution in [0.25, 0.3) is 21.8 Å². The first-order valence-corrected chi connectivity index (χ1v) is 5.65. The van der Waals surface area contributed by atoms with Gasteiger partial charge in [-0.15, -0.1) is 0 Å². The molecule has 1 heterocycles. The number of benzene rings is 2. The third-order valence-corrected chi connectivity index (χ3v) is 3.44. The van der Waals surface area contributed by atoms with Crippen molar-refractivity contribution < 1.29 is 15.3 Å². The molecular weight excluding hydrogens is 230 g/mol. The van der Waals surface area contributed by atoms with Crippen LogP contribution in [0.2, 0.25) is 0 Å². The van der Waals surface area contributed by atoms with Crippen molar-refractivity contribution in [2.45, 2.75) is 13.8 Å². The quantitative estimate of drug-likeness (QED) is 0.490. The molecule has 1 aromatic heterocycles. The van der Waals surface area contributed by atoms with E-state index < -0.39 is 0 Å². The molecule has 0 amide bonds. The zero-order valence-electron chi connectivity index (χ0n) is 10.1. The van der Waals surface area contributed by atoms with Crippen molar-refractivity contribution in [1.82, 2.24) is 4.98 Å². The average molecular weight is 243 g/mol. The van der Waals surface area contributed by atoms with Crippen LogP contribution in [0.4, 0.5) is 0 Å². The molecule has 0 unspecified atom stereocenters. The average Bonchev–Trinajstić information content (AvgIpc) is 2.66. The fourth-order valence-electron chi connectivity index (χ4n) is 2.45. The molecular formula is C14H13NO3. The van der Waals surface area contributed by atoms with Crippen LogP contribution in [0.15, 0.2) is 18.2 Å². The van der Waals surface area contributed by atoms with Crippen LogP contribution in [0, 0.1) is 13.8 Å². The molecule has 4 heteroatoms. The number of hydrogen-bond donors (Lipinski definition) is 4. The van der Waals surface area contributed by atoms with Gasteiger partial charge in [0.2, 0.25) is 0 Å². The number of aromatic amines is 1. The van der Waals surface area contributed by atoms with Crippen LogP contribution in [0.3, 0.4) is 0 Å². The van der Waals surface area contributed by atoms with Crippen molar-refractivity contribution >= 4 is 21.8 Å². The minimum atomic E-state index is -0.0135. The van der Waals surface area contributed by atoms with Crippen LogP contribution in [-0.2, 0) is 0 Å². The van der Waals surface area contributed by atoms with Crippen molar-refractivity contribution in [2.75, 3.05) is 0 Å². The van der Waals surface area contributed by atoms with Crippen molar-refractivity contribution in [1.29, 1.82) is 0 Å².